The van der Waals surface area contributed by atoms with E-state index in [0.717, 1.165) is 76.8 Å². The van der Waals surface area contributed by atoms with Gasteiger partial charge in [0.2, 0.25) is 0 Å². The van der Waals surface area contributed by atoms with E-state index in [-0.39, 0.29) is 31.0 Å². The fourth-order valence-corrected chi connectivity index (χ4v) is 14.6. The Kier molecular flexibility index (Phi) is 8.03. The van der Waals surface area contributed by atoms with E-state index in [1.54, 1.807) is 0 Å². The maximum atomic E-state index is 9.58. The molecule has 9 aromatic carbocycles. The van der Waals surface area contributed by atoms with Crippen molar-refractivity contribution in [3.63, 3.8) is 0 Å². The van der Waals surface area contributed by atoms with Gasteiger partial charge in [-0.2, -0.15) is 0 Å². The van der Waals surface area contributed by atoms with E-state index in [0.29, 0.717) is 5.19 Å². The highest BCUT2D eigenvalue weighted by atomic mass is 28.3. The molecule has 0 aliphatic carbocycles. The lowest BCUT2D eigenvalue weighted by atomic mass is 9.46. The second-order valence-corrected chi connectivity index (χ2v) is 20.0. The molecule has 0 fully saturated rings. The Labute approximate surface area is 382 Å². The molecular weight excluding hydrogens is 790 g/mol. The average molecular weight is 837 g/mol. The molecule has 1 aliphatic heterocycles. The lowest BCUT2D eigenvalue weighted by molar-refractivity contribution is 1.08. The molecule has 1 aliphatic rings. The molecule has 0 bridgehead atoms. The molecule has 0 atom stereocenters. The van der Waals surface area contributed by atoms with E-state index >= 15 is 0 Å². The highest BCUT2D eigenvalue weighted by Gasteiger charge is 2.42. The third-order valence-electron chi connectivity index (χ3n) is 12.8. The van der Waals surface area contributed by atoms with Crippen molar-refractivity contribution in [1.82, 2.24) is 9.55 Å². The van der Waals surface area contributed by atoms with Gasteiger partial charge in [0.1, 0.15) is 5.82 Å². The molecule has 12 rings (SSSR count). The fourth-order valence-electron chi connectivity index (χ4n) is 10.2. The zero-order valence-corrected chi connectivity index (χ0v) is 35.8. The van der Waals surface area contributed by atoms with Gasteiger partial charge < -0.3 is 4.81 Å². The zero-order valence-electron chi connectivity index (χ0n) is 39.8. The van der Waals surface area contributed by atoms with Crippen LogP contribution < -0.4 is 36.5 Å². The largest absolute Gasteiger partial charge is 0.376 e. The standard InChI is InChI=1S/C59H42BN3Si/c1-5-23-44(24-6-1)60-54-36-17-13-32-50(54)51-33-16-20-39-58(51)63(60)45-41-55(61-59(42-45)62-56-37-18-14-34-52(56)53-35-15-19-38-57(53)62)43-22-21-31-49(40-43)64(46-25-7-2-8-26-46,47-27-9-3-10-28-47)48-29-11-4-12-30-48/h1-42H/i2D,7D,8D,25D,26D. The number of nitrogens with zero attached hydrogens (tertiary/aromatic N) is 3. The summed E-state index contributed by atoms with van der Waals surface area (Å²) in [6, 6.07) is 76.2. The van der Waals surface area contributed by atoms with Gasteiger partial charge in [-0.3, -0.25) is 4.57 Å². The van der Waals surface area contributed by atoms with Crippen LogP contribution in [0.2, 0.25) is 0 Å². The number of anilines is 2. The first kappa shape index (κ1) is 32.7. The first-order chi connectivity index (χ1) is 33.8. The number of hydrogen-bond donors (Lipinski definition) is 0. The lowest BCUT2D eigenvalue weighted by Crippen LogP contribution is -2.74. The van der Waals surface area contributed by atoms with Crippen LogP contribution in [0.5, 0.6) is 0 Å². The van der Waals surface area contributed by atoms with Crippen molar-refractivity contribution >= 4 is 79.8 Å². The molecule has 0 spiro atoms. The number of fused-ring (bicyclic) bond motifs is 6. The maximum absolute atomic E-state index is 9.58. The first-order valence-electron chi connectivity index (χ1n) is 24.2. The Bertz CT molecular complexity index is 3650. The molecule has 2 aromatic heterocycles. The summed E-state index contributed by atoms with van der Waals surface area (Å²) in [6.07, 6.45) is 0. The van der Waals surface area contributed by atoms with Crippen LogP contribution in [-0.4, -0.2) is 24.5 Å². The number of pyridine rings is 1. The Morgan fingerprint density at radius 3 is 1.70 bits per heavy atom. The quantitative estimate of drug-likeness (QED) is 0.112. The molecule has 300 valence electrons. The molecule has 0 saturated carbocycles. The van der Waals surface area contributed by atoms with Gasteiger partial charge in [-0.25, -0.2) is 4.98 Å². The number of aromatic nitrogens is 2. The van der Waals surface area contributed by atoms with Crippen molar-refractivity contribution in [2.45, 2.75) is 0 Å². The first-order valence-corrected chi connectivity index (χ1v) is 23.7. The number of hydrogen-bond acceptors (Lipinski definition) is 2. The summed E-state index contributed by atoms with van der Waals surface area (Å²) in [5, 5.41) is 5.22. The summed E-state index contributed by atoms with van der Waals surface area (Å²) in [7, 11) is -3.71. The molecule has 0 amide bonds. The van der Waals surface area contributed by atoms with Crippen LogP contribution in [0.25, 0.3) is 50.0 Å². The predicted molar refractivity (Wildman–Crippen MR) is 273 cm³/mol. The van der Waals surface area contributed by atoms with Gasteiger partial charge >= 0.3 is 6.85 Å². The summed E-state index contributed by atoms with van der Waals surface area (Å²) in [4.78, 5) is 8.11. The number of para-hydroxylation sites is 3. The molecule has 64 heavy (non-hydrogen) atoms. The monoisotopic (exact) mass is 836 g/mol. The minimum atomic E-state index is -3.71. The minimum Gasteiger partial charge on any atom is -0.376 e. The normalized spacial score (nSPS) is 13.4. The summed E-state index contributed by atoms with van der Waals surface area (Å²) < 4.78 is 48.0. The Hall–Kier alpha value is -7.99. The van der Waals surface area contributed by atoms with Crippen LogP contribution in [0, 0.1) is 0 Å². The van der Waals surface area contributed by atoms with Crippen LogP contribution in [0.15, 0.2) is 255 Å². The van der Waals surface area contributed by atoms with Crippen LogP contribution in [-0.2, 0) is 0 Å². The van der Waals surface area contributed by atoms with Crippen molar-refractivity contribution in [3.05, 3.63) is 255 Å². The van der Waals surface area contributed by atoms with Gasteiger partial charge in [-0.05, 0) is 56.0 Å². The van der Waals surface area contributed by atoms with E-state index in [2.05, 4.69) is 167 Å². The summed E-state index contributed by atoms with van der Waals surface area (Å²) >= 11 is 0. The zero-order chi connectivity index (χ0) is 46.8. The van der Waals surface area contributed by atoms with E-state index in [1.165, 1.54) is 11.0 Å². The van der Waals surface area contributed by atoms with Crippen LogP contribution in [0.1, 0.15) is 6.85 Å². The third-order valence-corrected chi connectivity index (χ3v) is 17.4. The van der Waals surface area contributed by atoms with Crippen LogP contribution in [0.3, 0.4) is 0 Å². The molecule has 0 saturated heterocycles. The van der Waals surface area contributed by atoms with Gasteiger partial charge in [-0.15, -0.1) is 0 Å². The van der Waals surface area contributed by atoms with Crippen molar-refractivity contribution in [2.75, 3.05) is 4.81 Å². The second kappa shape index (κ2) is 15.7. The van der Waals surface area contributed by atoms with E-state index in [4.69, 9.17) is 9.10 Å². The van der Waals surface area contributed by atoms with Gasteiger partial charge in [-0.1, -0.05) is 230 Å². The maximum Gasteiger partial charge on any atom is 0.328 e. The number of benzene rings is 9. The summed E-state index contributed by atoms with van der Waals surface area (Å²) in [6.45, 7) is -0.190. The topological polar surface area (TPSA) is 21.1 Å². The van der Waals surface area contributed by atoms with Crippen molar-refractivity contribution in [2.24, 2.45) is 0 Å². The predicted octanol–water partition coefficient (Wildman–Crippen LogP) is 10.1. The molecule has 5 heteroatoms. The van der Waals surface area contributed by atoms with Gasteiger partial charge in [0, 0.05) is 39.3 Å². The van der Waals surface area contributed by atoms with Crippen molar-refractivity contribution in [3.8, 4) is 28.2 Å². The number of rotatable bonds is 8. The summed E-state index contributed by atoms with van der Waals surface area (Å²) in [5.41, 5.74) is 10.3. The second-order valence-electron chi connectivity index (χ2n) is 16.3. The molecular formula is C59H42BN3Si. The summed E-state index contributed by atoms with van der Waals surface area (Å²) in [5.74, 6) is 0.744. The Morgan fingerprint density at radius 1 is 0.453 bits per heavy atom. The SMILES string of the molecule is [2H]c1c([2H])c([2H])c([Si](c2ccccc2)(c2ccccc2)c2cccc(-c3cc(N4B(c5ccccc5)c5ccccc5-c5ccccc54)cc(-n4c5ccccc5c5ccccc54)n3)c2)c([2H])c1[2H]. The highest BCUT2D eigenvalue weighted by molar-refractivity contribution is 7.19. The van der Waals surface area contributed by atoms with Gasteiger partial charge in [0.15, 0.2) is 8.07 Å². The van der Waals surface area contributed by atoms with Gasteiger partial charge in [0.25, 0.3) is 0 Å². The average Bonchev–Trinajstić information content (AvgIpc) is 3.75. The molecule has 11 aromatic rings. The van der Waals surface area contributed by atoms with Gasteiger partial charge in [0.05, 0.1) is 23.6 Å². The Balaban J connectivity index is 1.18. The van der Waals surface area contributed by atoms with E-state index in [1.807, 2.05) is 66.7 Å². The van der Waals surface area contributed by atoms with Crippen LogP contribution in [0.4, 0.5) is 11.4 Å². The van der Waals surface area contributed by atoms with E-state index in [9.17, 15) is 2.74 Å². The van der Waals surface area contributed by atoms with Crippen molar-refractivity contribution < 1.29 is 6.85 Å². The Morgan fingerprint density at radius 2 is 1.02 bits per heavy atom. The lowest BCUT2D eigenvalue weighted by Gasteiger charge is -2.39. The highest BCUT2D eigenvalue weighted by Crippen LogP contribution is 2.42. The molecule has 0 unspecified atom stereocenters. The van der Waals surface area contributed by atoms with Crippen molar-refractivity contribution in [1.29, 1.82) is 0 Å². The van der Waals surface area contributed by atoms with Crippen LogP contribution >= 0.6 is 0 Å². The molecule has 3 nitrogen and oxygen atoms in total. The molecule has 0 N–H and O–H groups in total. The smallest absolute Gasteiger partial charge is 0.328 e. The minimum absolute atomic E-state index is 0.190. The molecule has 3 heterocycles. The van der Waals surface area contributed by atoms with E-state index < -0.39 is 14.1 Å². The fraction of sp³-hybridized carbons (Fsp3) is 0. The third kappa shape index (κ3) is 6.08. The molecule has 0 radical (unpaired) electrons.